The second kappa shape index (κ2) is 13.5. The summed E-state index contributed by atoms with van der Waals surface area (Å²) in [5.41, 5.74) is 2.22. The van der Waals surface area contributed by atoms with Gasteiger partial charge >= 0.3 is 6.36 Å². The lowest BCUT2D eigenvalue weighted by atomic mass is 10.1. The van der Waals surface area contributed by atoms with Crippen molar-refractivity contribution in [1.82, 2.24) is 15.2 Å². The van der Waals surface area contributed by atoms with Gasteiger partial charge in [0, 0.05) is 69.9 Å². The van der Waals surface area contributed by atoms with Crippen molar-refractivity contribution in [3.05, 3.63) is 65.4 Å². The third kappa shape index (κ3) is 7.80. The lowest BCUT2D eigenvalue weighted by molar-refractivity contribution is -0.274. The van der Waals surface area contributed by atoms with E-state index in [0.29, 0.717) is 58.0 Å². The van der Waals surface area contributed by atoms with E-state index in [0.717, 1.165) is 36.6 Å². The number of ether oxygens (including phenoxy) is 1. The van der Waals surface area contributed by atoms with E-state index in [-0.39, 0.29) is 35.4 Å². The second-order valence-corrected chi connectivity index (χ2v) is 12.1. The molecule has 2 aliphatic heterocycles. The summed E-state index contributed by atoms with van der Waals surface area (Å²) in [5, 5.41) is 5.41. The molecule has 1 aromatic heterocycles. The molecular weight excluding hydrogens is 617 g/mol. The van der Waals surface area contributed by atoms with Crippen molar-refractivity contribution in [3.8, 4) is 5.75 Å². The lowest BCUT2D eigenvalue weighted by Gasteiger charge is -2.39. The van der Waals surface area contributed by atoms with Gasteiger partial charge in [-0.15, -0.1) is 13.2 Å². The molecule has 3 heterocycles. The molecule has 2 N–H and O–H groups in total. The fourth-order valence-corrected chi connectivity index (χ4v) is 6.03. The van der Waals surface area contributed by atoms with Gasteiger partial charge in [0.2, 0.25) is 5.91 Å². The van der Waals surface area contributed by atoms with E-state index in [1.54, 1.807) is 4.90 Å². The maximum absolute atomic E-state index is 13.7. The van der Waals surface area contributed by atoms with Crippen LogP contribution >= 0.6 is 0 Å². The van der Waals surface area contributed by atoms with Crippen LogP contribution in [0.5, 0.6) is 5.75 Å². The van der Waals surface area contributed by atoms with E-state index in [2.05, 4.69) is 25.3 Å². The van der Waals surface area contributed by atoms with Crippen LogP contribution in [-0.2, 0) is 4.79 Å². The molecule has 0 bridgehead atoms. The average molecular weight is 655 g/mol. The number of nitrogens with zero attached hydrogens (tertiary/aromatic N) is 4. The number of likely N-dealkylation sites (tertiary alicyclic amines) is 1. The molecule has 3 amide bonds. The van der Waals surface area contributed by atoms with Crippen LogP contribution in [0.15, 0.2) is 47.1 Å². The first-order valence-corrected chi connectivity index (χ1v) is 15.9. The Labute approximate surface area is 270 Å². The number of benzene rings is 2. The van der Waals surface area contributed by atoms with E-state index in [1.807, 2.05) is 36.1 Å². The number of carbonyl (C=O) groups is 3. The molecule has 2 saturated heterocycles. The third-order valence-corrected chi connectivity index (χ3v) is 8.64. The Morgan fingerprint density at radius 2 is 1.74 bits per heavy atom. The van der Waals surface area contributed by atoms with Crippen LogP contribution < -0.4 is 25.2 Å². The van der Waals surface area contributed by atoms with Crippen LogP contribution in [0.2, 0.25) is 0 Å². The van der Waals surface area contributed by atoms with Gasteiger partial charge in [0.1, 0.15) is 12.0 Å². The Bertz CT molecular complexity index is 1630. The van der Waals surface area contributed by atoms with E-state index >= 15 is 0 Å². The van der Waals surface area contributed by atoms with Gasteiger partial charge < -0.3 is 34.5 Å². The van der Waals surface area contributed by atoms with E-state index in [1.165, 1.54) is 12.3 Å². The van der Waals surface area contributed by atoms with E-state index in [9.17, 15) is 27.6 Å². The monoisotopic (exact) mass is 654 g/mol. The number of nitrogens with one attached hydrogen (secondary N) is 2. The predicted octanol–water partition coefficient (Wildman–Crippen LogP) is 5.08. The molecule has 3 aromatic rings. The Kier molecular flexibility index (Phi) is 9.28. The average Bonchev–Trinajstić information content (AvgIpc) is 3.62. The number of rotatable bonds is 11. The van der Waals surface area contributed by atoms with Crippen molar-refractivity contribution in [1.29, 1.82) is 0 Å². The van der Waals surface area contributed by atoms with Crippen LogP contribution in [-0.4, -0.2) is 79.8 Å². The highest BCUT2D eigenvalue weighted by molar-refractivity contribution is 6.07. The van der Waals surface area contributed by atoms with Crippen molar-refractivity contribution in [2.24, 2.45) is 0 Å². The van der Waals surface area contributed by atoms with Gasteiger partial charge in [-0.25, -0.2) is 4.98 Å². The quantitative estimate of drug-likeness (QED) is 0.275. The van der Waals surface area contributed by atoms with E-state index < -0.39 is 29.5 Å². The molecule has 1 saturated carbocycles. The number of aryl methyl sites for hydroxylation is 1. The summed E-state index contributed by atoms with van der Waals surface area (Å²) in [7, 11) is 0. The summed E-state index contributed by atoms with van der Waals surface area (Å²) in [6, 6.07) is 10.3. The van der Waals surface area contributed by atoms with E-state index in [4.69, 9.17) is 4.42 Å². The number of hydrogen-bond donors (Lipinski definition) is 2. The normalized spacial score (nSPS) is 16.9. The molecule has 1 aliphatic carbocycles. The third-order valence-electron chi connectivity index (χ3n) is 8.64. The van der Waals surface area contributed by atoms with Gasteiger partial charge in [-0.05, 0) is 50.3 Å². The number of aromatic nitrogens is 1. The first kappa shape index (κ1) is 32.2. The van der Waals surface area contributed by atoms with Crippen molar-refractivity contribution < 1.29 is 36.7 Å². The molecular formula is C33H37F3N6O5. The summed E-state index contributed by atoms with van der Waals surface area (Å²) in [6.07, 6.45) is -0.277. The Morgan fingerprint density at radius 1 is 1.02 bits per heavy atom. The van der Waals surface area contributed by atoms with Crippen LogP contribution in [0.3, 0.4) is 0 Å². The number of halogens is 3. The SMILES string of the molecule is Cc1ccccc1N1CCN(c2cc(OC(F)(F)F)c(C(=O)NCCCN3CCCC3=O)cc2NC(=O)c2coc(C3CC3)n2)CC1. The number of amides is 3. The summed E-state index contributed by atoms with van der Waals surface area (Å²) >= 11 is 0. The molecule has 0 atom stereocenters. The molecule has 0 radical (unpaired) electrons. The highest BCUT2D eigenvalue weighted by Crippen LogP contribution is 2.40. The number of hydrogen-bond acceptors (Lipinski definition) is 8. The topological polar surface area (TPSA) is 120 Å². The fourth-order valence-electron chi connectivity index (χ4n) is 6.03. The minimum Gasteiger partial charge on any atom is -0.448 e. The van der Waals surface area contributed by atoms with Gasteiger partial charge in [-0.3, -0.25) is 14.4 Å². The Morgan fingerprint density at radius 3 is 2.40 bits per heavy atom. The number of anilines is 3. The summed E-state index contributed by atoms with van der Waals surface area (Å²) < 4.78 is 50.8. The molecule has 3 fully saturated rings. The maximum Gasteiger partial charge on any atom is 0.573 e. The van der Waals surface area contributed by atoms with Gasteiger partial charge in [0.15, 0.2) is 11.6 Å². The smallest absolute Gasteiger partial charge is 0.448 e. The molecule has 11 nitrogen and oxygen atoms in total. The molecule has 0 unspecified atom stereocenters. The molecule has 6 rings (SSSR count). The van der Waals surface area contributed by atoms with Crippen molar-refractivity contribution in [2.45, 2.75) is 51.3 Å². The molecule has 2 aromatic carbocycles. The summed E-state index contributed by atoms with van der Waals surface area (Å²) in [6.45, 7) is 5.23. The van der Waals surface area contributed by atoms with Crippen LogP contribution in [0, 0.1) is 6.92 Å². The number of para-hydroxylation sites is 1. The summed E-state index contributed by atoms with van der Waals surface area (Å²) in [5.74, 6) is -1.42. The van der Waals surface area contributed by atoms with Crippen molar-refractivity contribution >= 4 is 34.8 Å². The maximum atomic E-state index is 13.7. The van der Waals surface area contributed by atoms with Crippen molar-refractivity contribution in [3.63, 3.8) is 0 Å². The first-order chi connectivity index (χ1) is 22.6. The second-order valence-electron chi connectivity index (χ2n) is 12.1. The minimum atomic E-state index is -5.07. The van der Waals surface area contributed by atoms with Gasteiger partial charge in [-0.1, -0.05) is 18.2 Å². The first-order valence-electron chi connectivity index (χ1n) is 15.9. The lowest BCUT2D eigenvalue weighted by Crippen LogP contribution is -2.47. The molecule has 0 spiro atoms. The minimum absolute atomic E-state index is 0.0281. The molecule has 14 heteroatoms. The zero-order chi connectivity index (χ0) is 33.1. The molecule has 250 valence electrons. The Hall–Kier alpha value is -4.75. The fraction of sp³-hybridized carbons (Fsp3) is 0.455. The molecule has 47 heavy (non-hydrogen) atoms. The van der Waals surface area contributed by atoms with Gasteiger partial charge in [0.05, 0.1) is 16.9 Å². The van der Waals surface area contributed by atoms with Gasteiger partial charge in [0.25, 0.3) is 11.8 Å². The zero-order valence-corrected chi connectivity index (χ0v) is 26.1. The number of carbonyl (C=O) groups excluding carboxylic acids is 3. The Balaban J connectivity index is 1.26. The number of alkyl halides is 3. The standard InChI is InChI=1S/C33H37F3N6O5/c1-21-6-2-3-7-26(21)40-14-16-41(17-15-40)27-19-28(47-33(34,35)36)23(30(44)37-11-5-13-42-12-4-8-29(42)43)18-24(27)38-31(45)25-20-46-32(39-25)22-9-10-22/h2-3,6-7,18-20,22H,4-5,8-17H2,1H3,(H,37,44)(H,38,45). The highest BCUT2D eigenvalue weighted by Gasteiger charge is 2.35. The number of oxazole rings is 1. The predicted molar refractivity (Wildman–Crippen MR) is 168 cm³/mol. The summed E-state index contributed by atoms with van der Waals surface area (Å²) in [4.78, 5) is 48.6. The van der Waals surface area contributed by atoms with Crippen molar-refractivity contribution in [2.75, 3.05) is 60.9 Å². The van der Waals surface area contributed by atoms with Gasteiger partial charge in [-0.2, -0.15) is 0 Å². The van der Waals surface area contributed by atoms with Crippen LogP contribution in [0.25, 0.3) is 0 Å². The largest absolute Gasteiger partial charge is 0.573 e. The highest BCUT2D eigenvalue weighted by atomic mass is 19.4. The molecule has 3 aliphatic rings. The number of piperazine rings is 1. The van der Waals surface area contributed by atoms with Crippen LogP contribution in [0.1, 0.15) is 70.3 Å². The zero-order valence-electron chi connectivity index (χ0n) is 26.1. The van der Waals surface area contributed by atoms with Crippen LogP contribution in [0.4, 0.5) is 30.2 Å².